The number of methoxy groups -OCH3 is 1. The summed E-state index contributed by atoms with van der Waals surface area (Å²) in [5.74, 6) is -0.0423. The van der Waals surface area contributed by atoms with E-state index in [2.05, 4.69) is 4.98 Å². The van der Waals surface area contributed by atoms with Crippen LogP contribution in [0.2, 0.25) is 0 Å². The highest BCUT2D eigenvalue weighted by Gasteiger charge is 2.29. The fraction of sp³-hybridized carbons (Fsp3) is 0.412. The zero-order valence-electron chi connectivity index (χ0n) is 12.5. The lowest BCUT2D eigenvalue weighted by Crippen LogP contribution is -2.35. The van der Waals surface area contributed by atoms with Crippen LogP contribution in [-0.4, -0.2) is 30.3 Å². The van der Waals surface area contributed by atoms with Gasteiger partial charge in [-0.05, 0) is 31.4 Å². The minimum Gasteiger partial charge on any atom is -0.455 e. The summed E-state index contributed by atoms with van der Waals surface area (Å²) in [5.41, 5.74) is 1.02. The molecule has 0 unspecified atom stereocenters. The number of rotatable bonds is 4. The van der Waals surface area contributed by atoms with Gasteiger partial charge in [0.1, 0.15) is 12.4 Å². The molecule has 0 spiro atoms. The SMILES string of the molecule is CO[C@H]1CCCC[C@H]1OC(=O)c1coc(-c2ccccc2)n1. The Morgan fingerprint density at radius 1 is 1.18 bits per heavy atom. The molecule has 116 valence electrons. The summed E-state index contributed by atoms with van der Waals surface area (Å²) in [7, 11) is 1.65. The molecule has 3 rings (SSSR count). The Bertz CT molecular complexity index is 623. The third-order valence-electron chi connectivity index (χ3n) is 3.94. The second-order valence-electron chi connectivity index (χ2n) is 5.41. The third-order valence-corrected chi connectivity index (χ3v) is 3.94. The van der Waals surface area contributed by atoms with Gasteiger partial charge in [-0.1, -0.05) is 24.6 Å². The minimum atomic E-state index is -0.458. The molecule has 5 nitrogen and oxygen atoms in total. The molecule has 2 atom stereocenters. The molecule has 0 radical (unpaired) electrons. The largest absolute Gasteiger partial charge is 0.455 e. The number of hydrogen-bond donors (Lipinski definition) is 0. The lowest BCUT2D eigenvalue weighted by Gasteiger charge is -2.29. The lowest BCUT2D eigenvalue weighted by molar-refractivity contribution is -0.0542. The smallest absolute Gasteiger partial charge is 0.360 e. The van der Waals surface area contributed by atoms with Gasteiger partial charge in [0.05, 0.1) is 6.10 Å². The molecule has 1 aromatic carbocycles. The lowest BCUT2D eigenvalue weighted by atomic mass is 9.94. The van der Waals surface area contributed by atoms with Crippen LogP contribution in [0, 0.1) is 0 Å². The number of carbonyl (C=O) groups is 1. The normalized spacial score (nSPS) is 21.5. The summed E-state index contributed by atoms with van der Waals surface area (Å²) in [6.07, 6.45) is 5.01. The molecule has 0 aliphatic heterocycles. The van der Waals surface area contributed by atoms with Crippen LogP contribution in [0.4, 0.5) is 0 Å². The number of oxazole rings is 1. The average Bonchev–Trinajstić information content (AvgIpc) is 3.06. The summed E-state index contributed by atoms with van der Waals surface area (Å²) >= 11 is 0. The first-order chi connectivity index (χ1) is 10.8. The van der Waals surface area contributed by atoms with E-state index in [1.165, 1.54) is 6.26 Å². The van der Waals surface area contributed by atoms with Crippen molar-refractivity contribution >= 4 is 5.97 Å². The number of hydrogen-bond acceptors (Lipinski definition) is 5. The number of benzene rings is 1. The predicted molar refractivity (Wildman–Crippen MR) is 80.4 cm³/mol. The number of esters is 1. The fourth-order valence-electron chi connectivity index (χ4n) is 2.75. The highest BCUT2D eigenvalue weighted by Crippen LogP contribution is 2.25. The van der Waals surface area contributed by atoms with Crippen LogP contribution >= 0.6 is 0 Å². The quantitative estimate of drug-likeness (QED) is 0.809. The number of nitrogens with zero attached hydrogens (tertiary/aromatic N) is 1. The molecule has 1 aliphatic rings. The molecule has 0 N–H and O–H groups in total. The maximum absolute atomic E-state index is 12.2. The average molecular weight is 301 g/mol. The predicted octanol–water partition coefficient (Wildman–Crippen LogP) is 3.46. The first-order valence-electron chi connectivity index (χ1n) is 7.52. The maximum Gasteiger partial charge on any atom is 0.360 e. The zero-order chi connectivity index (χ0) is 15.4. The van der Waals surface area contributed by atoms with Gasteiger partial charge in [-0.15, -0.1) is 0 Å². The minimum absolute atomic E-state index is 0.0294. The van der Waals surface area contributed by atoms with Gasteiger partial charge in [-0.2, -0.15) is 0 Å². The van der Waals surface area contributed by atoms with E-state index in [1.54, 1.807) is 7.11 Å². The van der Waals surface area contributed by atoms with Crippen LogP contribution in [0.5, 0.6) is 0 Å². The summed E-state index contributed by atoms with van der Waals surface area (Å²) in [6.45, 7) is 0. The zero-order valence-corrected chi connectivity index (χ0v) is 12.5. The standard InChI is InChI=1S/C17H19NO4/c1-20-14-9-5-6-10-15(14)22-17(19)13-11-21-16(18-13)12-7-3-2-4-8-12/h2-4,7-8,11,14-15H,5-6,9-10H2,1H3/t14-,15+/m0/s1. The molecule has 1 aromatic heterocycles. The van der Waals surface area contributed by atoms with Gasteiger partial charge in [0, 0.05) is 12.7 Å². The van der Waals surface area contributed by atoms with E-state index in [4.69, 9.17) is 13.9 Å². The monoisotopic (exact) mass is 301 g/mol. The fourth-order valence-corrected chi connectivity index (χ4v) is 2.75. The summed E-state index contributed by atoms with van der Waals surface area (Å²) in [5, 5.41) is 0. The van der Waals surface area contributed by atoms with Crippen LogP contribution in [0.15, 0.2) is 41.0 Å². The van der Waals surface area contributed by atoms with Crippen LogP contribution in [0.1, 0.15) is 36.2 Å². The van der Waals surface area contributed by atoms with Crippen molar-refractivity contribution in [3.8, 4) is 11.5 Å². The molecule has 0 saturated heterocycles. The van der Waals surface area contributed by atoms with Crippen LogP contribution in [0.3, 0.4) is 0 Å². The van der Waals surface area contributed by atoms with Gasteiger partial charge in [0.2, 0.25) is 5.89 Å². The molecule has 1 heterocycles. The third kappa shape index (κ3) is 3.20. The molecule has 2 aromatic rings. The Kier molecular flexibility index (Phi) is 4.53. The summed E-state index contributed by atoms with van der Waals surface area (Å²) < 4.78 is 16.3. The van der Waals surface area contributed by atoms with E-state index in [9.17, 15) is 4.79 Å². The van der Waals surface area contributed by atoms with E-state index in [0.29, 0.717) is 5.89 Å². The van der Waals surface area contributed by atoms with Crippen LogP contribution in [0.25, 0.3) is 11.5 Å². The highest BCUT2D eigenvalue weighted by molar-refractivity contribution is 5.87. The Hall–Kier alpha value is -2.14. The second kappa shape index (κ2) is 6.75. The van der Waals surface area contributed by atoms with E-state index in [0.717, 1.165) is 31.2 Å². The molecule has 5 heteroatoms. The van der Waals surface area contributed by atoms with E-state index in [-0.39, 0.29) is 17.9 Å². The molecule has 22 heavy (non-hydrogen) atoms. The molecule has 0 amide bonds. The van der Waals surface area contributed by atoms with Gasteiger partial charge in [-0.25, -0.2) is 9.78 Å². The molecule has 1 fully saturated rings. The van der Waals surface area contributed by atoms with Crippen molar-refractivity contribution < 1.29 is 18.7 Å². The first-order valence-corrected chi connectivity index (χ1v) is 7.52. The van der Waals surface area contributed by atoms with Gasteiger partial charge in [0.15, 0.2) is 5.69 Å². The molecule has 0 bridgehead atoms. The van der Waals surface area contributed by atoms with Crippen molar-refractivity contribution in [1.29, 1.82) is 0 Å². The Morgan fingerprint density at radius 3 is 2.64 bits per heavy atom. The van der Waals surface area contributed by atoms with Crippen molar-refractivity contribution in [2.45, 2.75) is 37.9 Å². The van der Waals surface area contributed by atoms with Gasteiger partial charge in [-0.3, -0.25) is 0 Å². The van der Waals surface area contributed by atoms with Gasteiger partial charge >= 0.3 is 5.97 Å². The van der Waals surface area contributed by atoms with Crippen LogP contribution < -0.4 is 0 Å². The summed E-state index contributed by atoms with van der Waals surface area (Å²) in [6, 6.07) is 9.45. The Labute approximate surface area is 129 Å². The van der Waals surface area contributed by atoms with Gasteiger partial charge < -0.3 is 13.9 Å². The maximum atomic E-state index is 12.2. The number of aromatic nitrogens is 1. The van der Waals surface area contributed by atoms with Crippen molar-refractivity contribution in [2.75, 3.05) is 7.11 Å². The van der Waals surface area contributed by atoms with E-state index < -0.39 is 5.97 Å². The van der Waals surface area contributed by atoms with Gasteiger partial charge in [0.25, 0.3) is 0 Å². The molecular weight excluding hydrogens is 282 g/mol. The van der Waals surface area contributed by atoms with Crippen molar-refractivity contribution in [3.63, 3.8) is 0 Å². The summed E-state index contributed by atoms with van der Waals surface area (Å²) in [4.78, 5) is 16.4. The Balaban J connectivity index is 1.69. The van der Waals surface area contributed by atoms with E-state index in [1.807, 2.05) is 30.3 Å². The number of ether oxygens (including phenoxy) is 2. The second-order valence-corrected chi connectivity index (χ2v) is 5.41. The Morgan fingerprint density at radius 2 is 1.91 bits per heavy atom. The molecule has 1 aliphatic carbocycles. The van der Waals surface area contributed by atoms with Crippen molar-refractivity contribution in [1.82, 2.24) is 4.98 Å². The van der Waals surface area contributed by atoms with E-state index >= 15 is 0 Å². The topological polar surface area (TPSA) is 61.6 Å². The van der Waals surface area contributed by atoms with Crippen LogP contribution in [-0.2, 0) is 9.47 Å². The first kappa shape index (κ1) is 14.8. The number of carbonyl (C=O) groups excluding carboxylic acids is 1. The van der Waals surface area contributed by atoms with Crippen molar-refractivity contribution in [2.24, 2.45) is 0 Å². The van der Waals surface area contributed by atoms with Crippen molar-refractivity contribution in [3.05, 3.63) is 42.3 Å². The molecule has 1 saturated carbocycles. The molecular formula is C17H19NO4. The highest BCUT2D eigenvalue weighted by atomic mass is 16.6.